The zero-order chi connectivity index (χ0) is 14.9. The van der Waals surface area contributed by atoms with Crippen LogP contribution in [0, 0.1) is 0 Å². The maximum atomic E-state index is 12.3. The van der Waals surface area contributed by atoms with Crippen LogP contribution in [0.15, 0.2) is 54.6 Å². The van der Waals surface area contributed by atoms with Gasteiger partial charge in [-0.3, -0.25) is 4.79 Å². The normalized spacial score (nSPS) is 10.1. The van der Waals surface area contributed by atoms with Gasteiger partial charge in [0, 0.05) is 18.8 Å². The quantitative estimate of drug-likeness (QED) is 0.816. The fourth-order valence-corrected chi connectivity index (χ4v) is 2.16. The van der Waals surface area contributed by atoms with Gasteiger partial charge >= 0.3 is 0 Å². The average Bonchev–Trinajstić information content (AvgIpc) is 2.54. The molecule has 0 aliphatic carbocycles. The van der Waals surface area contributed by atoms with Crippen molar-refractivity contribution in [3.8, 4) is 0 Å². The van der Waals surface area contributed by atoms with Crippen molar-refractivity contribution in [3.05, 3.63) is 65.7 Å². The van der Waals surface area contributed by atoms with Crippen molar-refractivity contribution in [2.24, 2.45) is 0 Å². The Bertz CT molecular complexity index is 566. The number of carbonyl (C=O) groups excluding carboxylic acids is 1. The minimum Gasteiger partial charge on any atom is -0.384 e. The Labute approximate surface area is 126 Å². The Kier molecular flexibility index (Phi) is 5.83. The lowest BCUT2D eigenvalue weighted by atomic mass is 10.1. The molecule has 2 aromatic carbocycles. The second-order valence-corrected chi connectivity index (χ2v) is 4.96. The van der Waals surface area contributed by atoms with E-state index in [1.807, 2.05) is 42.5 Å². The summed E-state index contributed by atoms with van der Waals surface area (Å²) >= 11 is 0. The molecule has 110 valence electrons. The predicted molar refractivity (Wildman–Crippen MR) is 87.7 cm³/mol. The van der Waals surface area contributed by atoms with Crippen molar-refractivity contribution in [1.82, 2.24) is 5.32 Å². The number of para-hydroxylation sites is 1. The molecule has 0 atom stereocenters. The van der Waals surface area contributed by atoms with E-state index in [-0.39, 0.29) is 5.91 Å². The van der Waals surface area contributed by atoms with Gasteiger partial charge in [0.25, 0.3) is 5.91 Å². The van der Waals surface area contributed by atoms with Crippen molar-refractivity contribution >= 4 is 11.6 Å². The Balaban J connectivity index is 1.91. The van der Waals surface area contributed by atoms with E-state index in [1.165, 1.54) is 5.56 Å². The lowest BCUT2D eigenvalue weighted by molar-refractivity contribution is 0.0955. The lowest BCUT2D eigenvalue weighted by Gasteiger charge is -2.11. The number of anilines is 1. The molecule has 2 rings (SSSR count). The predicted octanol–water partition coefficient (Wildman–Crippen LogP) is 3.48. The number of hydrogen-bond acceptors (Lipinski definition) is 2. The van der Waals surface area contributed by atoms with Crippen LogP contribution in [0.5, 0.6) is 0 Å². The Morgan fingerprint density at radius 2 is 1.67 bits per heavy atom. The molecule has 0 aromatic heterocycles. The maximum absolute atomic E-state index is 12.3. The number of amides is 1. The molecular weight excluding hydrogens is 260 g/mol. The largest absolute Gasteiger partial charge is 0.384 e. The summed E-state index contributed by atoms with van der Waals surface area (Å²) in [5, 5.41) is 6.28. The van der Waals surface area contributed by atoms with Crippen LogP contribution in [0.1, 0.15) is 29.3 Å². The zero-order valence-electron chi connectivity index (χ0n) is 12.4. The molecule has 0 aliphatic heterocycles. The highest BCUT2D eigenvalue weighted by molar-refractivity contribution is 5.99. The van der Waals surface area contributed by atoms with Crippen molar-refractivity contribution in [2.45, 2.75) is 19.8 Å². The number of carbonyl (C=O) groups is 1. The molecule has 2 N–H and O–H groups in total. The molecule has 0 fully saturated rings. The van der Waals surface area contributed by atoms with E-state index in [0.29, 0.717) is 12.1 Å². The zero-order valence-corrected chi connectivity index (χ0v) is 12.4. The van der Waals surface area contributed by atoms with E-state index in [4.69, 9.17) is 0 Å². The van der Waals surface area contributed by atoms with Crippen molar-refractivity contribution in [1.29, 1.82) is 0 Å². The molecule has 0 heterocycles. The Morgan fingerprint density at radius 1 is 0.952 bits per heavy atom. The second kappa shape index (κ2) is 8.10. The molecule has 3 nitrogen and oxygen atoms in total. The van der Waals surface area contributed by atoms with Gasteiger partial charge in [-0.15, -0.1) is 0 Å². The van der Waals surface area contributed by atoms with Gasteiger partial charge < -0.3 is 10.6 Å². The average molecular weight is 282 g/mol. The standard InChI is InChI=1S/C18H22N2O/c1-2-13-19-17-11-7-6-10-16(17)18(21)20-14-12-15-8-4-3-5-9-15/h3-11,19H,2,12-14H2,1H3,(H,20,21). The van der Waals surface area contributed by atoms with Gasteiger partial charge in [0.15, 0.2) is 0 Å². The minimum atomic E-state index is -0.0230. The summed E-state index contributed by atoms with van der Waals surface area (Å²) in [7, 11) is 0. The van der Waals surface area contributed by atoms with Crippen molar-refractivity contribution < 1.29 is 4.79 Å². The first-order chi connectivity index (χ1) is 10.3. The SMILES string of the molecule is CCCNc1ccccc1C(=O)NCCc1ccccc1. The third-order valence-corrected chi connectivity index (χ3v) is 3.28. The smallest absolute Gasteiger partial charge is 0.253 e. The number of benzene rings is 2. The molecular formula is C18H22N2O. The maximum Gasteiger partial charge on any atom is 0.253 e. The molecule has 0 radical (unpaired) electrons. The number of rotatable bonds is 7. The molecule has 0 bridgehead atoms. The minimum absolute atomic E-state index is 0.0230. The highest BCUT2D eigenvalue weighted by Crippen LogP contribution is 2.14. The van der Waals surface area contributed by atoms with E-state index >= 15 is 0 Å². The van der Waals surface area contributed by atoms with E-state index < -0.39 is 0 Å². The summed E-state index contributed by atoms with van der Waals surface area (Å²) < 4.78 is 0. The van der Waals surface area contributed by atoms with Crippen molar-refractivity contribution in [3.63, 3.8) is 0 Å². The lowest BCUT2D eigenvalue weighted by Crippen LogP contribution is -2.26. The third-order valence-electron chi connectivity index (χ3n) is 3.28. The summed E-state index contributed by atoms with van der Waals surface area (Å²) in [5.41, 5.74) is 2.84. The number of hydrogen-bond donors (Lipinski definition) is 2. The molecule has 21 heavy (non-hydrogen) atoms. The summed E-state index contributed by atoms with van der Waals surface area (Å²) in [4.78, 5) is 12.3. The molecule has 3 heteroatoms. The monoisotopic (exact) mass is 282 g/mol. The van der Waals surface area contributed by atoms with Crippen LogP contribution in [0.25, 0.3) is 0 Å². The fourth-order valence-electron chi connectivity index (χ4n) is 2.16. The molecule has 0 spiro atoms. The van der Waals surface area contributed by atoms with Gasteiger partial charge in [0.1, 0.15) is 0 Å². The van der Waals surface area contributed by atoms with Crippen molar-refractivity contribution in [2.75, 3.05) is 18.4 Å². The van der Waals surface area contributed by atoms with Gasteiger partial charge in [-0.05, 0) is 30.5 Å². The first-order valence-electron chi connectivity index (χ1n) is 7.46. The number of nitrogens with one attached hydrogen (secondary N) is 2. The van der Waals surface area contributed by atoms with Crippen LogP contribution in [0.2, 0.25) is 0 Å². The third kappa shape index (κ3) is 4.63. The van der Waals surface area contributed by atoms with E-state index in [0.717, 1.165) is 25.1 Å². The highest BCUT2D eigenvalue weighted by Gasteiger charge is 2.09. The molecule has 0 saturated carbocycles. The van der Waals surface area contributed by atoms with Crippen LogP contribution in [0.4, 0.5) is 5.69 Å². The van der Waals surface area contributed by atoms with Gasteiger partial charge in [-0.25, -0.2) is 0 Å². The Morgan fingerprint density at radius 3 is 2.43 bits per heavy atom. The van der Waals surface area contributed by atoms with Crippen LogP contribution in [-0.4, -0.2) is 19.0 Å². The van der Waals surface area contributed by atoms with Gasteiger partial charge in [-0.1, -0.05) is 49.4 Å². The molecule has 0 aliphatic rings. The Hall–Kier alpha value is -2.29. The first kappa shape index (κ1) is 15.1. The molecule has 1 amide bonds. The summed E-state index contributed by atoms with van der Waals surface area (Å²) in [6, 6.07) is 17.8. The van der Waals surface area contributed by atoms with E-state index in [2.05, 4.69) is 29.7 Å². The first-order valence-corrected chi connectivity index (χ1v) is 7.46. The van der Waals surface area contributed by atoms with Crippen LogP contribution < -0.4 is 10.6 Å². The van der Waals surface area contributed by atoms with Crippen LogP contribution in [0.3, 0.4) is 0 Å². The summed E-state index contributed by atoms with van der Waals surface area (Å²) in [6.45, 7) is 3.62. The van der Waals surface area contributed by atoms with Crippen LogP contribution in [-0.2, 0) is 6.42 Å². The molecule has 0 unspecified atom stereocenters. The molecule has 2 aromatic rings. The van der Waals surface area contributed by atoms with Gasteiger partial charge in [0.2, 0.25) is 0 Å². The van der Waals surface area contributed by atoms with E-state index in [1.54, 1.807) is 0 Å². The molecule has 0 saturated heterocycles. The highest BCUT2D eigenvalue weighted by atomic mass is 16.1. The van der Waals surface area contributed by atoms with E-state index in [9.17, 15) is 4.79 Å². The fraction of sp³-hybridized carbons (Fsp3) is 0.278. The van der Waals surface area contributed by atoms with Gasteiger partial charge in [0.05, 0.1) is 5.56 Å². The van der Waals surface area contributed by atoms with Gasteiger partial charge in [-0.2, -0.15) is 0 Å². The summed E-state index contributed by atoms with van der Waals surface area (Å²) in [6.07, 6.45) is 1.88. The second-order valence-electron chi connectivity index (χ2n) is 4.96. The topological polar surface area (TPSA) is 41.1 Å². The summed E-state index contributed by atoms with van der Waals surface area (Å²) in [5.74, 6) is -0.0230. The van der Waals surface area contributed by atoms with Crippen LogP contribution >= 0.6 is 0 Å².